The molecule has 0 bridgehead atoms. The van der Waals surface area contributed by atoms with Gasteiger partial charge in [0.15, 0.2) is 0 Å². The molecule has 0 saturated carbocycles. The van der Waals surface area contributed by atoms with Crippen LogP contribution in [0.3, 0.4) is 0 Å². The van der Waals surface area contributed by atoms with Crippen LogP contribution < -0.4 is 33.8 Å². The SMILES string of the molecule is COC(=O)CCC1CCN(c2ccc(Cl)cc2)CC1.O=C([O-])CCC1CCN(c2ccc(Cl)cc2)CC1.[Li+]. The summed E-state index contributed by atoms with van der Waals surface area (Å²) >= 11 is 11.8. The van der Waals surface area contributed by atoms with E-state index >= 15 is 0 Å². The molecule has 0 amide bonds. The second kappa shape index (κ2) is 17.0. The number of carboxylic acid groups (broad SMARTS) is 1. The number of nitrogens with zero attached hydrogens (tertiary/aromatic N) is 2. The summed E-state index contributed by atoms with van der Waals surface area (Å²) in [4.78, 5) is 26.3. The summed E-state index contributed by atoms with van der Waals surface area (Å²) < 4.78 is 4.68. The molecule has 6 nitrogen and oxygen atoms in total. The molecular weight excluding hydrogens is 518 g/mol. The Morgan fingerprint density at radius 2 is 1.13 bits per heavy atom. The van der Waals surface area contributed by atoms with E-state index in [1.165, 1.54) is 18.5 Å². The van der Waals surface area contributed by atoms with E-state index in [-0.39, 0.29) is 31.3 Å². The fraction of sp³-hybridized carbons (Fsp3) is 0.517. The average Bonchev–Trinajstić information content (AvgIpc) is 2.92. The maximum Gasteiger partial charge on any atom is 1.00 e. The van der Waals surface area contributed by atoms with Crippen molar-refractivity contribution in [3.63, 3.8) is 0 Å². The minimum atomic E-state index is -0.935. The van der Waals surface area contributed by atoms with E-state index < -0.39 is 5.97 Å². The van der Waals surface area contributed by atoms with Gasteiger partial charge in [-0.1, -0.05) is 23.2 Å². The van der Waals surface area contributed by atoms with Crippen molar-refractivity contribution in [1.29, 1.82) is 0 Å². The summed E-state index contributed by atoms with van der Waals surface area (Å²) in [5, 5.41) is 12.0. The van der Waals surface area contributed by atoms with Crippen molar-refractivity contribution in [3.8, 4) is 0 Å². The molecule has 0 spiro atoms. The molecule has 2 aliphatic rings. The zero-order valence-electron chi connectivity index (χ0n) is 22.5. The second-order valence-corrected chi connectivity index (χ2v) is 10.7. The number of aliphatic carboxylic acids is 1. The molecule has 9 heteroatoms. The van der Waals surface area contributed by atoms with Gasteiger partial charge in [-0.05, 0) is 105 Å². The molecule has 0 aliphatic carbocycles. The Morgan fingerprint density at radius 3 is 1.47 bits per heavy atom. The molecule has 0 N–H and O–H groups in total. The van der Waals surface area contributed by atoms with Crippen molar-refractivity contribution in [1.82, 2.24) is 0 Å². The van der Waals surface area contributed by atoms with Gasteiger partial charge < -0.3 is 24.4 Å². The number of carbonyl (C=O) groups excluding carboxylic acids is 2. The molecule has 202 valence electrons. The topological polar surface area (TPSA) is 72.9 Å². The summed E-state index contributed by atoms with van der Waals surface area (Å²) in [7, 11) is 1.45. The number of benzene rings is 2. The van der Waals surface area contributed by atoms with Crippen molar-refractivity contribution in [2.24, 2.45) is 11.8 Å². The van der Waals surface area contributed by atoms with E-state index in [4.69, 9.17) is 23.2 Å². The van der Waals surface area contributed by atoms with Crippen LogP contribution in [-0.4, -0.2) is 45.2 Å². The zero-order valence-corrected chi connectivity index (χ0v) is 24.1. The van der Waals surface area contributed by atoms with Crippen LogP contribution in [0.25, 0.3) is 0 Å². The fourth-order valence-corrected chi connectivity index (χ4v) is 5.26. The van der Waals surface area contributed by atoms with Gasteiger partial charge in [0.1, 0.15) is 0 Å². The van der Waals surface area contributed by atoms with Gasteiger partial charge in [0, 0.05) is 60.0 Å². The number of anilines is 2. The Labute approximate surface area is 248 Å². The zero-order chi connectivity index (χ0) is 26.6. The molecule has 4 rings (SSSR count). The normalized spacial score (nSPS) is 16.2. The number of piperidine rings is 2. The third-order valence-electron chi connectivity index (χ3n) is 7.35. The second-order valence-electron chi connectivity index (χ2n) is 9.84. The van der Waals surface area contributed by atoms with E-state index in [1.807, 2.05) is 36.4 Å². The van der Waals surface area contributed by atoms with E-state index in [9.17, 15) is 14.7 Å². The number of esters is 1. The van der Waals surface area contributed by atoms with Crippen LogP contribution in [0.1, 0.15) is 51.4 Å². The predicted octanol–water partition coefficient (Wildman–Crippen LogP) is 2.60. The summed E-state index contributed by atoms with van der Waals surface area (Å²) in [5.41, 5.74) is 2.42. The van der Waals surface area contributed by atoms with Crippen LogP contribution >= 0.6 is 23.2 Å². The van der Waals surface area contributed by atoms with Gasteiger partial charge in [-0.3, -0.25) is 4.79 Å². The van der Waals surface area contributed by atoms with Crippen LogP contribution in [0.4, 0.5) is 11.4 Å². The summed E-state index contributed by atoms with van der Waals surface area (Å²) in [6.07, 6.45) is 6.80. The molecule has 0 aromatic heterocycles. The number of hydrogen-bond acceptors (Lipinski definition) is 6. The summed E-state index contributed by atoms with van der Waals surface area (Å²) in [5.74, 6) is 0.129. The molecule has 38 heavy (non-hydrogen) atoms. The van der Waals surface area contributed by atoms with Crippen molar-refractivity contribution in [2.75, 3.05) is 43.1 Å². The number of carboxylic acids is 1. The molecule has 2 saturated heterocycles. The number of halogens is 2. The Balaban J connectivity index is 0.000000260. The van der Waals surface area contributed by atoms with Gasteiger partial charge in [-0.25, -0.2) is 0 Å². The predicted molar refractivity (Wildman–Crippen MR) is 148 cm³/mol. The minimum absolute atomic E-state index is 0. The van der Waals surface area contributed by atoms with Crippen molar-refractivity contribution in [3.05, 3.63) is 58.6 Å². The van der Waals surface area contributed by atoms with E-state index in [2.05, 4.69) is 26.7 Å². The standard InChI is InChI=1S/C15H20ClNO2.C14H18ClNO2.Li/c1-19-15(18)7-2-12-8-10-17(11-9-12)14-5-3-13(16)4-6-14;15-12-2-4-13(5-3-12)16-9-7-11(8-10-16)1-6-14(17)18;/h3-6,12H,2,7-11H2,1H3;2-5,11H,1,6-10H2,(H,17,18);/q;;+1/p-1. The monoisotopic (exact) mass is 554 g/mol. The van der Waals surface area contributed by atoms with Crippen LogP contribution in [-0.2, 0) is 14.3 Å². The molecule has 2 aromatic rings. The summed E-state index contributed by atoms with van der Waals surface area (Å²) in [6.45, 7) is 4.07. The first-order chi connectivity index (χ1) is 17.8. The van der Waals surface area contributed by atoms with Gasteiger partial charge in [0.2, 0.25) is 0 Å². The van der Waals surface area contributed by atoms with Crippen LogP contribution in [0, 0.1) is 11.8 Å². The number of carbonyl (C=O) groups is 2. The number of ether oxygens (including phenoxy) is 1. The Bertz CT molecular complexity index is 975. The molecular formula is C29H37Cl2LiN2O4. The smallest absolute Gasteiger partial charge is 0.550 e. The Kier molecular flexibility index (Phi) is 14.5. The van der Waals surface area contributed by atoms with Crippen molar-refractivity contribution >= 4 is 46.5 Å². The third-order valence-corrected chi connectivity index (χ3v) is 7.86. The average molecular weight is 555 g/mol. The molecule has 2 aliphatic heterocycles. The van der Waals surface area contributed by atoms with Crippen LogP contribution in [0.15, 0.2) is 48.5 Å². The molecule has 2 heterocycles. The Hall–Kier alpha value is -1.84. The van der Waals surface area contributed by atoms with E-state index in [1.54, 1.807) is 0 Å². The molecule has 0 unspecified atom stereocenters. The first kappa shape index (κ1) is 32.4. The molecule has 0 atom stereocenters. The number of methoxy groups -OCH3 is 1. The Morgan fingerprint density at radius 1 is 0.763 bits per heavy atom. The van der Waals surface area contributed by atoms with Gasteiger partial charge in [-0.2, -0.15) is 0 Å². The van der Waals surface area contributed by atoms with E-state index in [0.29, 0.717) is 18.3 Å². The van der Waals surface area contributed by atoms with Crippen molar-refractivity contribution < 1.29 is 38.3 Å². The largest absolute Gasteiger partial charge is 1.00 e. The van der Waals surface area contributed by atoms with Gasteiger partial charge in [-0.15, -0.1) is 0 Å². The molecule has 0 radical (unpaired) electrons. The van der Waals surface area contributed by atoms with Gasteiger partial charge in [0.05, 0.1) is 7.11 Å². The van der Waals surface area contributed by atoms with Crippen LogP contribution in [0.5, 0.6) is 0 Å². The van der Waals surface area contributed by atoms with Crippen LogP contribution in [0.2, 0.25) is 10.0 Å². The molecule has 2 aromatic carbocycles. The maximum atomic E-state index is 11.1. The van der Waals surface area contributed by atoms with Crippen molar-refractivity contribution in [2.45, 2.75) is 51.4 Å². The first-order valence-corrected chi connectivity index (χ1v) is 13.9. The van der Waals surface area contributed by atoms with Gasteiger partial charge in [0.25, 0.3) is 0 Å². The third kappa shape index (κ3) is 11.1. The number of rotatable bonds is 8. The van der Waals surface area contributed by atoms with E-state index in [0.717, 1.165) is 74.7 Å². The quantitative estimate of drug-likeness (QED) is 0.369. The van der Waals surface area contributed by atoms with Gasteiger partial charge >= 0.3 is 24.8 Å². The number of hydrogen-bond donors (Lipinski definition) is 0. The molecule has 2 fully saturated rings. The fourth-order valence-electron chi connectivity index (χ4n) is 5.01. The first-order valence-electron chi connectivity index (χ1n) is 13.1. The summed E-state index contributed by atoms with van der Waals surface area (Å²) in [6, 6.07) is 15.9. The minimum Gasteiger partial charge on any atom is -0.550 e. The maximum absolute atomic E-state index is 11.1.